The molecule has 120 valence electrons. The summed E-state index contributed by atoms with van der Waals surface area (Å²) in [5.74, 6) is 0.218. The number of hydrogen-bond acceptors (Lipinski definition) is 4. The summed E-state index contributed by atoms with van der Waals surface area (Å²) in [4.78, 5) is 21.2. The van der Waals surface area contributed by atoms with E-state index >= 15 is 0 Å². The van der Waals surface area contributed by atoms with Crippen LogP contribution in [0.3, 0.4) is 0 Å². The molecule has 2 amide bonds. The van der Waals surface area contributed by atoms with Gasteiger partial charge in [0.05, 0.1) is 0 Å². The van der Waals surface area contributed by atoms with Crippen molar-refractivity contribution in [3.8, 4) is 5.75 Å². The molecule has 0 radical (unpaired) electrons. The van der Waals surface area contributed by atoms with Crippen LogP contribution in [0.1, 0.15) is 24.0 Å². The fourth-order valence-corrected chi connectivity index (χ4v) is 2.79. The van der Waals surface area contributed by atoms with Gasteiger partial charge in [0.2, 0.25) is 0 Å². The van der Waals surface area contributed by atoms with Gasteiger partial charge in [0.25, 0.3) is 0 Å². The van der Waals surface area contributed by atoms with E-state index in [2.05, 4.69) is 16.9 Å². The highest BCUT2D eigenvalue weighted by Gasteiger charge is 2.21. The first-order chi connectivity index (χ1) is 10.6. The molecule has 1 atom stereocenters. The second kappa shape index (κ2) is 7.65. The zero-order chi connectivity index (χ0) is 15.9. The molecule has 1 aliphatic rings. The maximum atomic E-state index is 10.6. The third-order valence-corrected chi connectivity index (χ3v) is 3.78. The summed E-state index contributed by atoms with van der Waals surface area (Å²) in [7, 11) is 0. The van der Waals surface area contributed by atoms with Crippen LogP contribution in [0, 0.1) is 5.92 Å². The van der Waals surface area contributed by atoms with Gasteiger partial charge >= 0.3 is 12.0 Å². The van der Waals surface area contributed by atoms with E-state index in [0.29, 0.717) is 18.2 Å². The minimum Gasteiger partial charge on any atom is -0.482 e. The lowest BCUT2D eigenvalue weighted by Crippen LogP contribution is -2.42. The van der Waals surface area contributed by atoms with Gasteiger partial charge in [-0.25, -0.2) is 15.0 Å². The van der Waals surface area contributed by atoms with E-state index in [4.69, 9.17) is 15.6 Å². The molecule has 22 heavy (non-hydrogen) atoms. The van der Waals surface area contributed by atoms with E-state index in [-0.39, 0.29) is 6.61 Å². The van der Waals surface area contributed by atoms with Gasteiger partial charge in [-0.15, -0.1) is 0 Å². The molecule has 0 heterocycles. The molecule has 0 fully saturated rings. The number of aliphatic carboxylic acids is 1. The number of nitrogens with one attached hydrogen (secondary N) is 2. The number of ether oxygens (including phenoxy) is 1. The third-order valence-electron chi connectivity index (χ3n) is 3.78. The topological polar surface area (TPSA) is 114 Å². The largest absolute Gasteiger partial charge is 0.482 e. The third kappa shape index (κ3) is 4.63. The SMILES string of the molecule is NC(=O)NNCCC1CCc2c(cccc2OCC(=O)O)C1. The van der Waals surface area contributed by atoms with Crippen LogP contribution >= 0.6 is 0 Å². The highest BCUT2D eigenvalue weighted by atomic mass is 16.5. The Hall–Kier alpha value is -2.28. The zero-order valence-corrected chi connectivity index (χ0v) is 12.3. The smallest absolute Gasteiger partial charge is 0.341 e. The molecule has 1 aliphatic carbocycles. The second-order valence-corrected chi connectivity index (χ2v) is 5.39. The molecular weight excluding hydrogens is 286 g/mol. The number of hydrazine groups is 1. The summed E-state index contributed by atoms with van der Waals surface area (Å²) in [6, 6.07) is 5.19. The van der Waals surface area contributed by atoms with Crippen molar-refractivity contribution in [3.63, 3.8) is 0 Å². The molecule has 0 saturated carbocycles. The normalized spacial score (nSPS) is 16.6. The number of urea groups is 1. The minimum atomic E-state index is -0.973. The molecule has 7 heteroatoms. The number of benzene rings is 1. The predicted molar refractivity (Wildman–Crippen MR) is 80.4 cm³/mol. The van der Waals surface area contributed by atoms with E-state index in [0.717, 1.165) is 31.2 Å². The average molecular weight is 307 g/mol. The summed E-state index contributed by atoms with van der Waals surface area (Å²) in [5.41, 5.74) is 12.4. The summed E-state index contributed by atoms with van der Waals surface area (Å²) in [5, 5.41) is 8.71. The number of nitrogens with two attached hydrogens (primary N) is 1. The van der Waals surface area contributed by atoms with Crippen molar-refractivity contribution < 1.29 is 19.4 Å². The van der Waals surface area contributed by atoms with Crippen LogP contribution in [0.4, 0.5) is 4.79 Å². The van der Waals surface area contributed by atoms with E-state index in [9.17, 15) is 9.59 Å². The lowest BCUT2D eigenvalue weighted by Gasteiger charge is -2.26. The number of carboxylic acids is 1. The van der Waals surface area contributed by atoms with Crippen molar-refractivity contribution in [2.24, 2.45) is 11.7 Å². The summed E-state index contributed by atoms with van der Waals surface area (Å²) in [6.07, 6.45) is 3.75. The molecule has 1 aromatic rings. The van der Waals surface area contributed by atoms with Crippen molar-refractivity contribution >= 4 is 12.0 Å². The highest BCUT2D eigenvalue weighted by molar-refractivity contribution is 5.70. The van der Waals surface area contributed by atoms with Gasteiger partial charge in [-0.3, -0.25) is 5.43 Å². The maximum Gasteiger partial charge on any atom is 0.341 e. The minimum absolute atomic E-state index is 0.317. The van der Waals surface area contributed by atoms with Gasteiger partial charge in [0, 0.05) is 6.54 Å². The van der Waals surface area contributed by atoms with Crippen LogP contribution in [0.2, 0.25) is 0 Å². The number of fused-ring (bicyclic) bond motifs is 1. The van der Waals surface area contributed by atoms with Gasteiger partial charge in [-0.05, 0) is 48.8 Å². The van der Waals surface area contributed by atoms with E-state index < -0.39 is 12.0 Å². The van der Waals surface area contributed by atoms with Crippen molar-refractivity contribution in [1.29, 1.82) is 0 Å². The predicted octanol–water partition coefficient (Wildman–Crippen LogP) is 0.818. The Balaban J connectivity index is 1.89. The van der Waals surface area contributed by atoms with Crippen LogP contribution in [0.5, 0.6) is 5.75 Å². The number of rotatable bonds is 7. The number of amides is 2. The highest BCUT2D eigenvalue weighted by Crippen LogP contribution is 2.33. The average Bonchev–Trinajstić information content (AvgIpc) is 2.49. The fourth-order valence-electron chi connectivity index (χ4n) is 2.79. The first-order valence-electron chi connectivity index (χ1n) is 7.30. The van der Waals surface area contributed by atoms with Crippen LogP contribution in [-0.4, -0.2) is 30.3 Å². The second-order valence-electron chi connectivity index (χ2n) is 5.39. The Morgan fingerprint density at radius 3 is 2.95 bits per heavy atom. The Kier molecular flexibility index (Phi) is 5.60. The van der Waals surface area contributed by atoms with Gasteiger partial charge < -0.3 is 15.6 Å². The molecule has 5 N–H and O–H groups in total. The molecule has 7 nitrogen and oxygen atoms in total. The lowest BCUT2D eigenvalue weighted by atomic mass is 9.82. The van der Waals surface area contributed by atoms with Crippen LogP contribution in [0.25, 0.3) is 0 Å². The molecule has 2 rings (SSSR count). The summed E-state index contributed by atoms with van der Waals surface area (Å²) in [6.45, 7) is 0.348. The standard InChI is InChI=1S/C15H21N3O4/c16-15(21)18-17-7-6-10-4-5-12-11(8-10)2-1-3-13(12)22-9-14(19)20/h1-3,10,17H,4-9H2,(H,19,20)(H3,16,18,21). The molecule has 0 spiro atoms. The molecule has 0 aromatic heterocycles. The van der Waals surface area contributed by atoms with Crippen molar-refractivity contribution in [2.45, 2.75) is 25.7 Å². The number of carboxylic acid groups (broad SMARTS) is 1. The molecular formula is C15H21N3O4. The van der Waals surface area contributed by atoms with Gasteiger partial charge in [-0.2, -0.15) is 0 Å². The first kappa shape index (κ1) is 16.1. The Morgan fingerprint density at radius 2 is 2.23 bits per heavy atom. The Labute approximate surface area is 128 Å². The number of carbonyl (C=O) groups is 2. The summed E-state index contributed by atoms with van der Waals surface area (Å²) < 4.78 is 5.35. The molecule has 1 aromatic carbocycles. The van der Waals surface area contributed by atoms with Crippen LogP contribution < -0.4 is 21.3 Å². The zero-order valence-electron chi connectivity index (χ0n) is 12.3. The molecule has 0 saturated heterocycles. The van der Waals surface area contributed by atoms with E-state index in [1.807, 2.05) is 12.1 Å². The van der Waals surface area contributed by atoms with E-state index in [1.54, 1.807) is 0 Å². The van der Waals surface area contributed by atoms with Crippen LogP contribution in [-0.2, 0) is 17.6 Å². The Morgan fingerprint density at radius 1 is 1.41 bits per heavy atom. The fraction of sp³-hybridized carbons (Fsp3) is 0.467. The first-order valence-corrected chi connectivity index (χ1v) is 7.30. The van der Waals surface area contributed by atoms with Gasteiger partial charge in [0.1, 0.15) is 5.75 Å². The monoisotopic (exact) mass is 307 g/mol. The summed E-state index contributed by atoms with van der Waals surface area (Å²) >= 11 is 0. The van der Waals surface area contributed by atoms with Crippen molar-refractivity contribution in [2.75, 3.05) is 13.2 Å². The molecule has 1 unspecified atom stereocenters. The molecule has 0 bridgehead atoms. The number of hydrogen-bond donors (Lipinski definition) is 4. The van der Waals surface area contributed by atoms with Gasteiger partial charge in [0.15, 0.2) is 6.61 Å². The number of primary amides is 1. The maximum absolute atomic E-state index is 10.6. The van der Waals surface area contributed by atoms with Crippen LogP contribution in [0.15, 0.2) is 18.2 Å². The molecule has 0 aliphatic heterocycles. The Bertz CT molecular complexity index is 548. The van der Waals surface area contributed by atoms with Crippen molar-refractivity contribution in [3.05, 3.63) is 29.3 Å². The van der Waals surface area contributed by atoms with Gasteiger partial charge in [-0.1, -0.05) is 12.1 Å². The van der Waals surface area contributed by atoms with Crippen molar-refractivity contribution in [1.82, 2.24) is 10.9 Å². The van der Waals surface area contributed by atoms with E-state index in [1.165, 1.54) is 5.56 Å². The number of carbonyl (C=O) groups excluding carboxylic acids is 1. The lowest BCUT2D eigenvalue weighted by molar-refractivity contribution is -0.139. The quantitative estimate of drug-likeness (QED) is 0.440.